The molecule has 3 atom stereocenters. The molecule has 1 rings (SSSR count). The van der Waals surface area contributed by atoms with Crippen LogP contribution in [0.3, 0.4) is 0 Å². The first-order valence-corrected chi connectivity index (χ1v) is 7.79. The maximum atomic E-state index is 6.34. The molecule has 0 aromatic rings. The van der Waals surface area contributed by atoms with E-state index in [0.717, 1.165) is 13.1 Å². The molecule has 0 aliphatic carbocycles. The predicted molar refractivity (Wildman–Crippen MR) is 82.6 cm³/mol. The average Bonchev–Trinajstić information content (AvgIpc) is 2.46. The molecule has 1 fully saturated rings. The van der Waals surface area contributed by atoms with Gasteiger partial charge in [-0.15, -0.1) is 0 Å². The molecule has 0 aromatic heterocycles. The van der Waals surface area contributed by atoms with Crippen molar-refractivity contribution >= 4 is 0 Å². The fraction of sp³-hybridized carbons (Fsp3) is 1.00. The molecule has 0 amide bonds. The van der Waals surface area contributed by atoms with Crippen LogP contribution in [-0.4, -0.2) is 48.3 Å². The summed E-state index contributed by atoms with van der Waals surface area (Å²) in [5.74, 6) is 0.515. The minimum Gasteiger partial charge on any atom is -0.368 e. The number of nitrogens with one attached hydrogen (secondary N) is 1. The molecule has 114 valence electrons. The van der Waals surface area contributed by atoms with Crippen molar-refractivity contribution in [1.29, 1.82) is 0 Å². The second-order valence-electron chi connectivity index (χ2n) is 7.15. The highest BCUT2D eigenvalue weighted by molar-refractivity contribution is 5.06. The van der Waals surface area contributed by atoms with E-state index in [0.29, 0.717) is 18.0 Å². The number of nitrogens with zero attached hydrogens (tertiary/aromatic N) is 1. The quantitative estimate of drug-likeness (QED) is 0.803. The van der Waals surface area contributed by atoms with Gasteiger partial charge in [0.05, 0.1) is 11.2 Å². The second-order valence-corrected chi connectivity index (χ2v) is 7.15. The van der Waals surface area contributed by atoms with Gasteiger partial charge in [-0.1, -0.05) is 13.8 Å². The fourth-order valence-electron chi connectivity index (χ4n) is 3.44. The van der Waals surface area contributed by atoms with Crippen molar-refractivity contribution in [3.05, 3.63) is 0 Å². The summed E-state index contributed by atoms with van der Waals surface area (Å²) in [6.07, 6.45) is 1.19. The highest BCUT2D eigenvalue weighted by atomic mass is 16.5. The van der Waals surface area contributed by atoms with Crippen LogP contribution in [0.2, 0.25) is 0 Å². The largest absolute Gasteiger partial charge is 0.368 e. The maximum Gasteiger partial charge on any atom is 0.0790 e. The lowest BCUT2D eigenvalue weighted by molar-refractivity contribution is -0.0797. The zero-order chi connectivity index (χ0) is 14.8. The molecule has 3 heteroatoms. The Morgan fingerprint density at radius 3 is 2.21 bits per heavy atom. The highest BCUT2D eigenvalue weighted by Crippen LogP contribution is 2.42. The Labute approximate surface area is 120 Å². The Kier molecular flexibility index (Phi) is 5.44. The van der Waals surface area contributed by atoms with Gasteiger partial charge in [0.25, 0.3) is 0 Å². The van der Waals surface area contributed by atoms with E-state index in [9.17, 15) is 0 Å². The zero-order valence-electron chi connectivity index (χ0n) is 14.2. The fourth-order valence-corrected chi connectivity index (χ4v) is 3.44. The summed E-state index contributed by atoms with van der Waals surface area (Å²) in [5.41, 5.74) is -0.168. The third kappa shape index (κ3) is 3.71. The molecule has 0 saturated carbocycles. The smallest absolute Gasteiger partial charge is 0.0790 e. The number of ether oxygens (including phenoxy) is 1. The molecule has 0 radical (unpaired) electrons. The third-order valence-electron chi connectivity index (χ3n) is 4.82. The van der Waals surface area contributed by atoms with Crippen molar-refractivity contribution in [1.82, 2.24) is 10.2 Å². The lowest BCUT2D eigenvalue weighted by Gasteiger charge is -2.35. The Balaban J connectivity index is 2.87. The first-order chi connectivity index (χ1) is 8.65. The molecule has 0 bridgehead atoms. The van der Waals surface area contributed by atoms with Gasteiger partial charge in [-0.05, 0) is 54.6 Å². The Morgan fingerprint density at radius 1 is 1.16 bits per heavy atom. The van der Waals surface area contributed by atoms with E-state index in [1.807, 2.05) is 0 Å². The predicted octanol–water partition coefficient (Wildman–Crippen LogP) is 2.90. The summed E-state index contributed by atoms with van der Waals surface area (Å²) >= 11 is 0. The summed E-state index contributed by atoms with van der Waals surface area (Å²) in [4.78, 5) is 2.47. The summed E-state index contributed by atoms with van der Waals surface area (Å²) in [5, 5.41) is 3.65. The number of rotatable bonds is 6. The lowest BCUT2D eigenvalue weighted by atomic mass is 9.82. The maximum absolute atomic E-state index is 6.34. The van der Waals surface area contributed by atoms with E-state index < -0.39 is 0 Å². The number of likely N-dealkylation sites (N-methyl/N-ethyl adjacent to an activating group) is 1. The van der Waals surface area contributed by atoms with Crippen molar-refractivity contribution in [3.63, 3.8) is 0 Å². The molecule has 19 heavy (non-hydrogen) atoms. The Hall–Kier alpha value is -0.120. The van der Waals surface area contributed by atoms with Crippen LogP contribution in [0.4, 0.5) is 0 Å². The summed E-state index contributed by atoms with van der Waals surface area (Å²) in [7, 11) is 2.23. The van der Waals surface area contributed by atoms with Crippen LogP contribution in [0.25, 0.3) is 0 Å². The van der Waals surface area contributed by atoms with Gasteiger partial charge in [0.15, 0.2) is 0 Å². The van der Waals surface area contributed by atoms with Gasteiger partial charge in [0, 0.05) is 24.5 Å². The molecule has 1 aliphatic rings. The van der Waals surface area contributed by atoms with Crippen molar-refractivity contribution < 1.29 is 4.74 Å². The molecule has 3 unspecified atom stereocenters. The van der Waals surface area contributed by atoms with E-state index in [1.54, 1.807) is 0 Å². The van der Waals surface area contributed by atoms with Gasteiger partial charge in [-0.2, -0.15) is 0 Å². The van der Waals surface area contributed by atoms with E-state index in [4.69, 9.17) is 4.74 Å². The van der Waals surface area contributed by atoms with Crippen LogP contribution >= 0.6 is 0 Å². The van der Waals surface area contributed by atoms with E-state index >= 15 is 0 Å². The van der Waals surface area contributed by atoms with E-state index in [2.05, 4.69) is 65.7 Å². The molecular weight excluding hydrogens is 236 g/mol. The Bertz CT molecular complexity index is 288. The first kappa shape index (κ1) is 16.9. The van der Waals surface area contributed by atoms with Crippen molar-refractivity contribution in [2.45, 2.75) is 78.2 Å². The van der Waals surface area contributed by atoms with E-state index in [-0.39, 0.29) is 11.2 Å². The average molecular weight is 270 g/mol. The molecule has 1 heterocycles. The molecule has 3 nitrogen and oxygen atoms in total. The molecule has 0 aromatic carbocycles. The first-order valence-electron chi connectivity index (χ1n) is 7.79. The summed E-state index contributed by atoms with van der Waals surface area (Å²) < 4.78 is 6.34. The number of hydrogen-bond acceptors (Lipinski definition) is 3. The minimum absolute atomic E-state index is 0.0714. The van der Waals surface area contributed by atoms with E-state index in [1.165, 1.54) is 6.42 Å². The third-order valence-corrected chi connectivity index (χ3v) is 4.82. The standard InChI is InChI=1S/C16H34N2O/c1-9-12(3)18(8)11-13-14(17-10-2)16(6,7)19-15(13,4)5/h12-14,17H,9-11H2,1-8H3. The van der Waals surface area contributed by atoms with Gasteiger partial charge < -0.3 is 15.0 Å². The van der Waals surface area contributed by atoms with Gasteiger partial charge in [-0.25, -0.2) is 0 Å². The van der Waals surface area contributed by atoms with Gasteiger partial charge >= 0.3 is 0 Å². The van der Waals surface area contributed by atoms with Crippen molar-refractivity contribution in [3.8, 4) is 0 Å². The molecule has 1 saturated heterocycles. The monoisotopic (exact) mass is 270 g/mol. The summed E-state index contributed by atoms with van der Waals surface area (Å²) in [6, 6.07) is 1.04. The van der Waals surface area contributed by atoms with Crippen LogP contribution in [0.15, 0.2) is 0 Å². The van der Waals surface area contributed by atoms with Crippen LogP contribution in [0, 0.1) is 5.92 Å². The molecule has 0 spiro atoms. The molecule has 1 N–H and O–H groups in total. The molecular formula is C16H34N2O. The second kappa shape index (κ2) is 6.11. The van der Waals surface area contributed by atoms with Crippen molar-refractivity contribution in [2.75, 3.05) is 20.1 Å². The van der Waals surface area contributed by atoms with Gasteiger partial charge in [0.1, 0.15) is 0 Å². The summed E-state index contributed by atoms with van der Waals surface area (Å²) in [6.45, 7) is 17.7. The lowest BCUT2D eigenvalue weighted by Crippen LogP contribution is -2.51. The SMILES string of the molecule is CCNC1C(CN(C)C(C)CC)C(C)(C)OC1(C)C. The van der Waals surface area contributed by atoms with Crippen LogP contribution in [0.5, 0.6) is 0 Å². The zero-order valence-corrected chi connectivity index (χ0v) is 14.2. The highest BCUT2D eigenvalue weighted by Gasteiger charge is 2.53. The minimum atomic E-state index is -0.0968. The van der Waals surface area contributed by atoms with Gasteiger partial charge in [0.2, 0.25) is 0 Å². The Morgan fingerprint density at radius 2 is 1.74 bits per heavy atom. The van der Waals surface area contributed by atoms with Crippen LogP contribution < -0.4 is 5.32 Å². The normalized spacial score (nSPS) is 30.8. The van der Waals surface area contributed by atoms with Crippen molar-refractivity contribution in [2.24, 2.45) is 5.92 Å². The number of hydrogen-bond donors (Lipinski definition) is 1. The topological polar surface area (TPSA) is 24.5 Å². The molecule has 1 aliphatic heterocycles. The van der Waals surface area contributed by atoms with Crippen LogP contribution in [-0.2, 0) is 4.74 Å². The van der Waals surface area contributed by atoms with Crippen LogP contribution in [0.1, 0.15) is 54.9 Å². The van der Waals surface area contributed by atoms with Gasteiger partial charge in [-0.3, -0.25) is 0 Å².